The Labute approximate surface area is 119 Å². The Kier molecular flexibility index (Phi) is 4.84. The Morgan fingerprint density at radius 3 is 2.67 bits per heavy atom. The lowest BCUT2D eigenvalue weighted by atomic mass is 9.87. The summed E-state index contributed by atoms with van der Waals surface area (Å²) in [4.78, 5) is 0. The zero-order valence-corrected chi connectivity index (χ0v) is 12.2. The molecule has 0 saturated heterocycles. The quantitative estimate of drug-likeness (QED) is 0.795. The molecule has 0 aliphatic heterocycles. The van der Waals surface area contributed by atoms with Crippen molar-refractivity contribution in [1.82, 2.24) is 5.32 Å². The van der Waals surface area contributed by atoms with Gasteiger partial charge in [-0.2, -0.15) is 0 Å². The van der Waals surface area contributed by atoms with E-state index in [1.165, 1.54) is 25.7 Å². The Morgan fingerprint density at radius 2 is 2.00 bits per heavy atom. The highest BCUT2D eigenvalue weighted by Crippen LogP contribution is 2.23. The van der Waals surface area contributed by atoms with E-state index in [0.717, 1.165) is 11.6 Å². The first-order chi connectivity index (χ1) is 8.63. The molecule has 1 aromatic rings. The van der Waals surface area contributed by atoms with Crippen molar-refractivity contribution in [3.05, 3.63) is 29.3 Å². The molecule has 1 aliphatic carbocycles. The predicted octanol–water partition coefficient (Wildman–Crippen LogP) is 4.21. The van der Waals surface area contributed by atoms with Crippen molar-refractivity contribution in [2.75, 3.05) is 5.32 Å². The van der Waals surface area contributed by atoms with Crippen molar-refractivity contribution in [3.8, 4) is 0 Å². The highest BCUT2D eigenvalue weighted by molar-refractivity contribution is 7.80. The molecule has 98 valence electrons. The fourth-order valence-electron chi connectivity index (χ4n) is 2.32. The monoisotopic (exact) mass is 282 g/mol. The van der Waals surface area contributed by atoms with E-state index in [0.29, 0.717) is 16.2 Å². The van der Waals surface area contributed by atoms with E-state index in [1.807, 2.05) is 24.3 Å². The summed E-state index contributed by atoms with van der Waals surface area (Å²) >= 11 is 11.3. The average Bonchev–Trinajstić information content (AvgIpc) is 2.32. The maximum Gasteiger partial charge on any atom is 0.170 e. The van der Waals surface area contributed by atoms with Gasteiger partial charge < -0.3 is 10.6 Å². The first-order valence-electron chi connectivity index (χ1n) is 6.46. The minimum absolute atomic E-state index is 0.514. The van der Waals surface area contributed by atoms with Crippen molar-refractivity contribution in [2.45, 2.75) is 38.6 Å². The molecule has 0 spiro atoms. The second kappa shape index (κ2) is 6.39. The second-order valence-corrected chi connectivity index (χ2v) is 5.91. The molecule has 0 aromatic heterocycles. The van der Waals surface area contributed by atoms with Gasteiger partial charge in [-0.1, -0.05) is 24.6 Å². The fraction of sp³-hybridized carbons (Fsp3) is 0.500. The SMILES string of the molecule is CC1CCC(NC(=S)Nc2cccc(Cl)c2)CC1. The predicted molar refractivity (Wildman–Crippen MR) is 82.2 cm³/mol. The summed E-state index contributed by atoms with van der Waals surface area (Å²) < 4.78 is 0. The lowest BCUT2D eigenvalue weighted by molar-refractivity contribution is 0.332. The number of anilines is 1. The van der Waals surface area contributed by atoms with E-state index in [2.05, 4.69) is 17.6 Å². The van der Waals surface area contributed by atoms with Crippen molar-refractivity contribution >= 4 is 34.6 Å². The van der Waals surface area contributed by atoms with Crippen LogP contribution in [0.5, 0.6) is 0 Å². The molecule has 18 heavy (non-hydrogen) atoms. The molecule has 0 radical (unpaired) electrons. The highest BCUT2D eigenvalue weighted by atomic mass is 35.5. The molecule has 0 heterocycles. The van der Waals surface area contributed by atoms with Gasteiger partial charge in [-0.15, -0.1) is 0 Å². The zero-order valence-electron chi connectivity index (χ0n) is 10.6. The third-order valence-electron chi connectivity index (χ3n) is 3.43. The third kappa shape index (κ3) is 4.14. The summed E-state index contributed by atoms with van der Waals surface area (Å²) in [7, 11) is 0. The summed E-state index contributed by atoms with van der Waals surface area (Å²) in [5.41, 5.74) is 0.934. The molecular formula is C14H19ClN2S. The van der Waals surface area contributed by atoms with Crippen LogP contribution in [0.15, 0.2) is 24.3 Å². The lowest BCUT2D eigenvalue weighted by Crippen LogP contribution is -2.39. The van der Waals surface area contributed by atoms with Gasteiger partial charge >= 0.3 is 0 Å². The Hall–Kier alpha value is -0.800. The molecule has 4 heteroatoms. The van der Waals surface area contributed by atoms with Gasteiger partial charge in [-0.05, 0) is 62.0 Å². The van der Waals surface area contributed by atoms with Crippen molar-refractivity contribution in [3.63, 3.8) is 0 Å². The minimum Gasteiger partial charge on any atom is -0.360 e. The van der Waals surface area contributed by atoms with E-state index in [1.54, 1.807) is 0 Å². The van der Waals surface area contributed by atoms with Crippen LogP contribution in [0.1, 0.15) is 32.6 Å². The van der Waals surface area contributed by atoms with Crippen LogP contribution in [0.4, 0.5) is 5.69 Å². The van der Waals surface area contributed by atoms with E-state index in [4.69, 9.17) is 23.8 Å². The number of benzene rings is 1. The summed E-state index contributed by atoms with van der Waals surface area (Å²) in [5.74, 6) is 0.859. The summed E-state index contributed by atoms with van der Waals surface area (Å²) in [6.07, 6.45) is 4.99. The molecule has 1 saturated carbocycles. The van der Waals surface area contributed by atoms with Gasteiger partial charge in [-0.25, -0.2) is 0 Å². The Balaban J connectivity index is 1.82. The van der Waals surface area contributed by atoms with Gasteiger partial charge in [0.25, 0.3) is 0 Å². The highest BCUT2D eigenvalue weighted by Gasteiger charge is 2.18. The minimum atomic E-state index is 0.514. The maximum atomic E-state index is 5.93. The fourth-order valence-corrected chi connectivity index (χ4v) is 2.80. The Morgan fingerprint density at radius 1 is 1.28 bits per heavy atom. The van der Waals surface area contributed by atoms with Crippen molar-refractivity contribution < 1.29 is 0 Å². The second-order valence-electron chi connectivity index (χ2n) is 5.07. The van der Waals surface area contributed by atoms with E-state index < -0.39 is 0 Å². The van der Waals surface area contributed by atoms with Crippen LogP contribution < -0.4 is 10.6 Å². The van der Waals surface area contributed by atoms with Gasteiger partial charge in [0, 0.05) is 16.8 Å². The first-order valence-corrected chi connectivity index (χ1v) is 7.25. The maximum absolute atomic E-state index is 5.93. The van der Waals surface area contributed by atoms with Crippen LogP contribution in [-0.2, 0) is 0 Å². The topological polar surface area (TPSA) is 24.1 Å². The van der Waals surface area contributed by atoms with E-state index >= 15 is 0 Å². The number of halogens is 1. The molecule has 1 aromatic carbocycles. The molecule has 0 atom stereocenters. The molecular weight excluding hydrogens is 264 g/mol. The van der Waals surface area contributed by atoms with Gasteiger partial charge in [0.05, 0.1) is 0 Å². The van der Waals surface area contributed by atoms with Crippen molar-refractivity contribution in [1.29, 1.82) is 0 Å². The average molecular weight is 283 g/mol. The number of rotatable bonds is 2. The van der Waals surface area contributed by atoms with Gasteiger partial charge in [0.2, 0.25) is 0 Å². The Bertz CT molecular complexity index is 414. The number of nitrogens with one attached hydrogen (secondary N) is 2. The lowest BCUT2D eigenvalue weighted by Gasteiger charge is -2.28. The van der Waals surface area contributed by atoms with Crippen LogP contribution in [0.25, 0.3) is 0 Å². The summed E-state index contributed by atoms with van der Waals surface area (Å²) in [5, 5.41) is 7.97. The smallest absolute Gasteiger partial charge is 0.170 e. The number of hydrogen-bond acceptors (Lipinski definition) is 1. The number of thiocarbonyl (C=S) groups is 1. The molecule has 2 nitrogen and oxygen atoms in total. The molecule has 2 N–H and O–H groups in total. The molecule has 0 bridgehead atoms. The van der Waals surface area contributed by atoms with Gasteiger partial charge in [0.15, 0.2) is 5.11 Å². The van der Waals surface area contributed by atoms with Crippen LogP contribution in [0, 0.1) is 5.92 Å². The molecule has 2 rings (SSSR count). The van der Waals surface area contributed by atoms with Crippen molar-refractivity contribution in [2.24, 2.45) is 5.92 Å². The number of hydrogen-bond donors (Lipinski definition) is 2. The van der Waals surface area contributed by atoms with Crippen LogP contribution in [0.2, 0.25) is 5.02 Å². The van der Waals surface area contributed by atoms with Gasteiger partial charge in [-0.3, -0.25) is 0 Å². The first kappa shape index (κ1) is 13.6. The normalized spacial score (nSPS) is 23.4. The molecule has 0 unspecified atom stereocenters. The van der Waals surface area contributed by atoms with E-state index in [9.17, 15) is 0 Å². The largest absolute Gasteiger partial charge is 0.360 e. The van der Waals surface area contributed by atoms with E-state index in [-0.39, 0.29) is 0 Å². The van der Waals surface area contributed by atoms with Crippen LogP contribution in [0.3, 0.4) is 0 Å². The molecule has 1 fully saturated rings. The van der Waals surface area contributed by atoms with Crippen LogP contribution in [-0.4, -0.2) is 11.2 Å². The standard InChI is InChI=1S/C14H19ClN2S/c1-10-5-7-12(8-6-10)16-14(18)17-13-4-2-3-11(15)9-13/h2-4,9-10,12H,5-8H2,1H3,(H2,16,17,18). The third-order valence-corrected chi connectivity index (χ3v) is 3.89. The summed E-state index contributed by atoms with van der Waals surface area (Å²) in [6.45, 7) is 2.32. The van der Waals surface area contributed by atoms with Gasteiger partial charge in [0.1, 0.15) is 0 Å². The van der Waals surface area contributed by atoms with Crippen LogP contribution >= 0.6 is 23.8 Å². The summed E-state index contributed by atoms with van der Waals surface area (Å²) in [6, 6.07) is 8.11. The molecule has 0 amide bonds. The zero-order chi connectivity index (χ0) is 13.0. The molecule has 1 aliphatic rings.